The Hall–Kier alpha value is -0.110. The van der Waals surface area contributed by atoms with Crippen LogP contribution >= 0.6 is 34.2 Å². The van der Waals surface area contributed by atoms with E-state index in [4.69, 9.17) is 11.6 Å². The lowest BCUT2D eigenvalue weighted by molar-refractivity contribution is -0.134. The van der Waals surface area contributed by atoms with Gasteiger partial charge >= 0.3 is 6.18 Å². The number of aromatic nitrogens is 2. The second kappa shape index (κ2) is 4.82. The highest BCUT2D eigenvalue weighted by molar-refractivity contribution is 14.1. The molecular formula is C8H7ClF3IN2. The lowest BCUT2D eigenvalue weighted by Gasteiger charge is -2.07. The molecule has 15 heavy (non-hydrogen) atoms. The molecule has 0 aromatic carbocycles. The highest BCUT2D eigenvalue weighted by atomic mass is 127. The SMILES string of the molecule is Cc1nc(CCC(F)(F)F)nc(Cl)c1I. The molecule has 0 spiro atoms. The van der Waals surface area contributed by atoms with Crippen LogP contribution in [0.2, 0.25) is 5.15 Å². The molecule has 0 fully saturated rings. The summed E-state index contributed by atoms with van der Waals surface area (Å²) in [6.07, 6.45) is -5.35. The van der Waals surface area contributed by atoms with Crippen LogP contribution in [0.5, 0.6) is 0 Å². The highest BCUT2D eigenvalue weighted by Gasteiger charge is 2.27. The van der Waals surface area contributed by atoms with Crippen LogP contribution in [0, 0.1) is 10.5 Å². The number of hydrogen-bond acceptors (Lipinski definition) is 2. The molecule has 1 heterocycles. The lowest BCUT2D eigenvalue weighted by Crippen LogP contribution is -2.11. The van der Waals surface area contributed by atoms with Crippen LogP contribution in [0.1, 0.15) is 17.9 Å². The van der Waals surface area contributed by atoms with Crippen LogP contribution in [0.25, 0.3) is 0 Å². The molecule has 0 aliphatic rings. The third-order valence-corrected chi connectivity index (χ3v) is 3.54. The maximum atomic E-state index is 11.9. The smallest absolute Gasteiger partial charge is 0.237 e. The standard InChI is InChI=1S/C8H7ClF3IN2/c1-4-6(13)7(9)15-5(14-4)2-3-8(10,11)12/h2-3H2,1H3. The monoisotopic (exact) mass is 350 g/mol. The Morgan fingerprint density at radius 1 is 1.33 bits per heavy atom. The fourth-order valence-electron chi connectivity index (χ4n) is 0.945. The van der Waals surface area contributed by atoms with Gasteiger partial charge in [-0.25, -0.2) is 9.97 Å². The Morgan fingerprint density at radius 3 is 2.40 bits per heavy atom. The summed E-state index contributed by atoms with van der Waals surface area (Å²) < 4.78 is 36.5. The van der Waals surface area contributed by atoms with E-state index in [0.29, 0.717) is 9.26 Å². The van der Waals surface area contributed by atoms with Gasteiger partial charge in [0.15, 0.2) is 0 Å². The average molecular weight is 351 g/mol. The van der Waals surface area contributed by atoms with Crippen LogP contribution in [-0.4, -0.2) is 16.1 Å². The molecule has 0 bridgehead atoms. The fourth-order valence-corrected chi connectivity index (χ4v) is 1.42. The number of aryl methyl sites for hydroxylation is 2. The van der Waals surface area contributed by atoms with Gasteiger partial charge in [-0.3, -0.25) is 0 Å². The Balaban J connectivity index is 2.80. The maximum absolute atomic E-state index is 11.9. The summed E-state index contributed by atoms with van der Waals surface area (Å²) in [6.45, 7) is 1.69. The molecule has 84 valence electrons. The molecule has 1 rings (SSSR count). The minimum atomic E-state index is -4.19. The van der Waals surface area contributed by atoms with Crippen molar-refractivity contribution in [3.05, 3.63) is 20.2 Å². The molecule has 0 saturated carbocycles. The van der Waals surface area contributed by atoms with E-state index in [-0.39, 0.29) is 17.4 Å². The minimum Gasteiger partial charge on any atom is -0.237 e. The predicted molar refractivity (Wildman–Crippen MR) is 58.9 cm³/mol. The van der Waals surface area contributed by atoms with E-state index in [9.17, 15) is 13.2 Å². The minimum absolute atomic E-state index is 0.134. The molecule has 0 radical (unpaired) electrons. The molecule has 0 unspecified atom stereocenters. The summed E-state index contributed by atoms with van der Waals surface area (Å²) in [5, 5.41) is 0.209. The maximum Gasteiger partial charge on any atom is 0.389 e. The van der Waals surface area contributed by atoms with Crippen molar-refractivity contribution in [2.24, 2.45) is 0 Å². The largest absolute Gasteiger partial charge is 0.389 e. The summed E-state index contributed by atoms with van der Waals surface area (Å²) in [6, 6.07) is 0. The molecule has 0 aliphatic carbocycles. The van der Waals surface area contributed by atoms with Gasteiger partial charge in [-0.05, 0) is 29.5 Å². The van der Waals surface area contributed by atoms with E-state index in [1.165, 1.54) is 0 Å². The van der Waals surface area contributed by atoms with Crippen LogP contribution in [0.4, 0.5) is 13.2 Å². The molecule has 0 N–H and O–H groups in total. The van der Waals surface area contributed by atoms with Gasteiger partial charge in [-0.2, -0.15) is 13.2 Å². The molecule has 0 amide bonds. The van der Waals surface area contributed by atoms with Crippen molar-refractivity contribution in [2.75, 3.05) is 0 Å². The number of rotatable bonds is 2. The zero-order valence-electron chi connectivity index (χ0n) is 7.70. The molecule has 0 aliphatic heterocycles. The van der Waals surface area contributed by atoms with Crippen LogP contribution < -0.4 is 0 Å². The fraction of sp³-hybridized carbons (Fsp3) is 0.500. The topological polar surface area (TPSA) is 25.8 Å². The van der Waals surface area contributed by atoms with E-state index in [2.05, 4.69) is 9.97 Å². The van der Waals surface area contributed by atoms with Crippen LogP contribution in [0.3, 0.4) is 0 Å². The number of hydrogen-bond donors (Lipinski definition) is 0. The number of nitrogens with zero attached hydrogens (tertiary/aromatic N) is 2. The first-order valence-corrected chi connectivity index (χ1v) is 5.50. The van der Waals surface area contributed by atoms with Crippen LogP contribution in [0.15, 0.2) is 0 Å². The first-order valence-electron chi connectivity index (χ1n) is 4.05. The van der Waals surface area contributed by atoms with Gasteiger partial charge in [-0.1, -0.05) is 11.6 Å². The van der Waals surface area contributed by atoms with E-state index >= 15 is 0 Å². The highest BCUT2D eigenvalue weighted by Crippen LogP contribution is 2.23. The lowest BCUT2D eigenvalue weighted by atomic mass is 10.3. The van der Waals surface area contributed by atoms with Crippen molar-refractivity contribution in [1.29, 1.82) is 0 Å². The van der Waals surface area contributed by atoms with Gasteiger partial charge < -0.3 is 0 Å². The number of halogens is 5. The van der Waals surface area contributed by atoms with Gasteiger partial charge in [0.2, 0.25) is 0 Å². The summed E-state index contributed by atoms with van der Waals surface area (Å²) in [4.78, 5) is 7.72. The Kier molecular flexibility index (Phi) is 4.16. The van der Waals surface area contributed by atoms with Crippen molar-refractivity contribution in [2.45, 2.75) is 25.9 Å². The average Bonchev–Trinajstić information content (AvgIpc) is 2.09. The van der Waals surface area contributed by atoms with Gasteiger partial charge in [0.1, 0.15) is 11.0 Å². The molecular weight excluding hydrogens is 343 g/mol. The van der Waals surface area contributed by atoms with Gasteiger partial charge in [0, 0.05) is 6.42 Å². The molecule has 7 heteroatoms. The van der Waals surface area contributed by atoms with Crippen molar-refractivity contribution in [3.63, 3.8) is 0 Å². The molecule has 0 saturated heterocycles. The molecule has 2 nitrogen and oxygen atoms in total. The predicted octanol–water partition coefficient (Wildman–Crippen LogP) is 3.54. The molecule has 1 aromatic heterocycles. The summed E-state index contributed by atoms with van der Waals surface area (Å²) in [5.41, 5.74) is 0.604. The van der Waals surface area contributed by atoms with Crippen molar-refractivity contribution in [3.8, 4) is 0 Å². The van der Waals surface area contributed by atoms with E-state index in [1.54, 1.807) is 6.92 Å². The zero-order chi connectivity index (χ0) is 11.6. The van der Waals surface area contributed by atoms with E-state index in [1.807, 2.05) is 22.6 Å². The normalized spacial score (nSPS) is 11.9. The first kappa shape index (κ1) is 13.0. The third-order valence-electron chi connectivity index (χ3n) is 1.65. The van der Waals surface area contributed by atoms with E-state index in [0.717, 1.165) is 0 Å². The summed E-state index contributed by atoms with van der Waals surface area (Å²) in [5.74, 6) is 0.134. The van der Waals surface area contributed by atoms with Crippen molar-refractivity contribution in [1.82, 2.24) is 9.97 Å². The second-order valence-corrected chi connectivity index (χ2v) is 4.38. The van der Waals surface area contributed by atoms with Crippen LogP contribution in [-0.2, 0) is 6.42 Å². The molecule has 1 aromatic rings. The van der Waals surface area contributed by atoms with Crippen molar-refractivity contribution < 1.29 is 13.2 Å². The Bertz CT molecular complexity index is 344. The summed E-state index contributed by atoms with van der Waals surface area (Å²) >= 11 is 7.68. The first-order chi connectivity index (χ1) is 6.79. The Morgan fingerprint density at radius 2 is 1.93 bits per heavy atom. The third kappa shape index (κ3) is 4.10. The summed E-state index contributed by atoms with van der Waals surface area (Å²) in [7, 11) is 0. The number of alkyl halides is 3. The second-order valence-electron chi connectivity index (χ2n) is 2.95. The van der Waals surface area contributed by atoms with Gasteiger partial charge in [-0.15, -0.1) is 0 Å². The van der Waals surface area contributed by atoms with Crippen molar-refractivity contribution >= 4 is 34.2 Å². The van der Waals surface area contributed by atoms with Gasteiger partial charge in [0.05, 0.1) is 15.7 Å². The Labute approximate surface area is 103 Å². The van der Waals surface area contributed by atoms with E-state index < -0.39 is 12.6 Å². The molecule has 0 atom stereocenters. The zero-order valence-corrected chi connectivity index (χ0v) is 10.6. The quantitative estimate of drug-likeness (QED) is 0.602. The van der Waals surface area contributed by atoms with Gasteiger partial charge in [0.25, 0.3) is 0 Å².